The van der Waals surface area contributed by atoms with Crippen LogP contribution < -0.4 is 11.0 Å². The van der Waals surface area contributed by atoms with Crippen molar-refractivity contribution in [2.24, 2.45) is 0 Å². The van der Waals surface area contributed by atoms with Gasteiger partial charge in [-0.05, 0) is 52.4 Å². The van der Waals surface area contributed by atoms with E-state index in [1.54, 1.807) is 18.2 Å². The van der Waals surface area contributed by atoms with Crippen LogP contribution in [-0.2, 0) is 21.2 Å². The maximum absolute atomic E-state index is 12.8. The van der Waals surface area contributed by atoms with E-state index in [0.29, 0.717) is 29.7 Å². The third kappa shape index (κ3) is 4.35. The molecule has 0 unspecified atom stereocenters. The van der Waals surface area contributed by atoms with Crippen LogP contribution in [0.5, 0.6) is 0 Å². The van der Waals surface area contributed by atoms with Crippen molar-refractivity contribution in [2.45, 2.75) is 45.8 Å². The van der Waals surface area contributed by atoms with Gasteiger partial charge in [-0.1, -0.05) is 0 Å². The number of benzene rings is 1. The maximum atomic E-state index is 12.8. The Morgan fingerprint density at radius 1 is 1.31 bits per heavy atom. The minimum Gasteiger partial charge on any atom is -0.325 e. The Balaban J connectivity index is 1.45. The van der Waals surface area contributed by atoms with Crippen molar-refractivity contribution >= 4 is 32.5 Å². The van der Waals surface area contributed by atoms with Crippen LogP contribution in [0.1, 0.15) is 36.3 Å². The fraction of sp³-hybridized carbons (Fsp3) is 0.476. The molecule has 2 aromatic heterocycles. The summed E-state index contributed by atoms with van der Waals surface area (Å²) in [6.45, 7) is 6.19. The maximum Gasteiger partial charge on any atom is 0.323 e. The summed E-state index contributed by atoms with van der Waals surface area (Å²) in [6, 6.07) is 4.64. The molecule has 0 spiro atoms. The molecule has 0 bridgehead atoms. The molecule has 1 fully saturated rings. The largest absolute Gasteiger partial charge is 0.325 e. The standard InChI is InChI=1S/C21H28N6O4S/c1-12-17(13(2)27(25-12)16-7-8-32(30,31)11-16)10-26(4)14(3)20(28)22-15-5-6-18-19(9-15)24-21(29)23-18/h5-6,9,14,16H,7-8,10-11H2,1-4H3,(H,22,28)(H2,23,24,29)/t14-,16-/m1/s1. The molecule has 1 aromatic carbocycles. The average Bonchev–Trinajstić information content (AvgIpc) is 3.36. The lowest BCUT2D eigenvalue weighted by atomic mass is 10.1. The smallest absolute Gasteiger partial charge is 0.323 e. The molecule has 32 heavy (non-hydrogen) atoms. The molecule has 4 rings (SSSR count). The number of hydrogen-bond donors (Lipinski definition) is 3. The zero-order valence-corrected chi connectivity index (χ0v) is 19.4. The van der Waals surface area contributed by atoms with Crippen LogP contribution in [0.3, 0.4) is 0 Å². The van der Waals surface area contributed by atoms with Crippen molar-refractivity contribution < 1.29 is 13.2 Å². The molecule has 0 radical (unpaired) electrons. The number of likely N-dealkylation sites (N-methyl/N-ethyl adjacent to an activating group) is 1. The van der Waals surface area contributed by atoms with E-state index in [-0.39, 0.29) is 29.1 Å². The Morgan fingerprint density at radius 3 is 2.72 bits per heavy atom. The van der Waals surface area contributed by atoms with Crippen molar-refractivity contribution in [1.29, 1.82) is 0 Å². The summed E-state index contributed by atoms with van der Waals surface area (Å²) in [7, 11) is -1.13. The number of amides is 1. The fourth-order valence-electron chi connectivity index (χ4n) is 4.19. The number of sulfone groups is 1. The molecule has 2 atom stereocenters. The van der Waals surface area contributed by atoms with Gasteiger partial charge in [0, 0.05) is 23.5 Å². The number of aromatic amines is 2. The number of aryl methyl sites for hydroxylation is 1. The number of carbonyl (C=O) groups is 1. The monoisotopic (exact) mass is 460 g/mol. The molecule has 10 nitrogen and oxygen atoms in total. The minimum absolute atomic E-state index is 0.125. The van der Waals surface area contributed by atoms with E-state index < -0.39 is 15.9 Å². The predicted molar refractivity (Wildman–Crippen MR) is 122 cm³/mol. The highest BCUT2D eigenvalue weighted by atomic mass is 32.2. The first kappa shape index (κ1) is 22.3. The third-order valence-electron chi connectivity index (χ3n) is 6.26. The lowest BCUT2D eigenvalue weighted by molar-refractivity contribution is -0.120. The Morgan fingerprint density at radius 2 is 2.03 bits per heavy atom. The van der Waals surface area contributed by atoms with E-state index in [9.17, 15) is 18.0 Å². The van der Waals surface area contributed by atoms with Gasteiger partial charge in [-0.2, -0.15) is 5.10 Å². The van der Waals surface area contributed by atoms with Crippen LogP contribution in [0.4, 0.5) is 5.69 Å². The number of carbonyl (C=O) groups excluding carboxylic acids is 1. The van der Waals surface area contributed by atoms with Crippen LogP contribution in [0.15, 0.2) is 23.0 Å². The first-order valence-electron chi connectivity index (χ1n) is 10.5. The molecule has 1 aliphatic rings. The summed E-state index contributed by atoms with van der Waals surface area (Å²) in [5.74, 6) is 0.152. The molecule has 1 amide bonds. The second kappa shape index (κ2) is 8.21. The molecule has 3 N–H and O–H groups in total. The van der Waals surface area contributed by atoms with Crippen LogP contribution in [0, 0.1) is 13.8 Å². The van der Waals surface area contributed by atoms with Gasteiger partial charge in [0.1, 0.15) is 0 Å². The van der Waals surface area contributed by atoms with Gasteiger partial charge in [-0.3, -0.25) is 14.4 Å². The van der Waals surface area contributed by atoms with E-state index in [2.05, 4.69) is 20.4 Å². The van der Waals surface area contributed by atoms with Gasteiger partial charge in [0.25, 0.3) is 0 Å². The van der Waals surface area contributed by atoms with Gasteiger partial charge in [0.05, 0.1) is 40.3 Å². The van der Waals surface area contributed by atoms with Gasteiger partial charge in [0.15, 0.2) is 9.84 Å². The molecule has 172 valence electrons. The molecule has 1 aliphatic heterocycles. The second-order valence-corrected chi connectivity index (χ2v) is 10.8. The highest BCUT2D eigenvalue weighted by Gasteiger charge is 2.32. The Bertz CT molecular complexity index is 1340. The van der Waals surface area contributed by atoms with Crippen molar-refractivity contribution in [3.63, 3.8) is 0 Å². The van der Waals surface area contributed by atoms with Crippen LogP contribution in [-0.4, -0.2) is 63.6 Å². The lowest BCUT2D eigenvalue weighted by Crippen LogP contribution is -2.39. The van der Waals surface area contributed by atoms with Crippen molar-refractivity contribution in [3.8, 4) is 0 Å². The summed E-state index contributed by atoms with van der Waals surface area (Å²) in [6.07, 6.45) is 0.579. The first-order chi connectivity index (χ1) is 15.0. The molecular weight excluding hydrogens is 432 g/mol. The lowest BCUT2D eigenvalue weighted by Gasteiger charge is -2.24. The molecule has 3 heterocycles. The first-order valence-corrected chi connectivity index (χ1v) is 12.3. The highest BCUT2D eigenvalue weighted by molar-refractivity contribution is 7.91. The van der Waals surface area contributed by atoms with E-state index in [1.807, 2.05) is 37.4 Å². The number of rotatable bonds is 6. The molecule has 0 aliphatic carbocycles. The summed E-state index contributed by atoms with van der Waals surface area (Å²) in [4.78, 5) is 31.5. The summed E-state index contributed by atoms with van der Waals surface area (Å²) < 4.78 is 25.6. The van der Waals surface area contributed by atoms with Gasteiger partial charge in [-0.15, -0.1) is 0 Å². The number of hydrogen-bond acceptors (Lipinski definition) is 6. The quantitative estimate of drug-likeness (QED) is 0.510. The van der Waals surface area contributed by atoms with E-state index in [4.69, 9.17) is 0 Å². The fourth-order valence-corrected chi connectivity index (χ4v) is 5.89. The Labute approximate surface area is 185 Å². The van der Waals surface area contributed by atoms with Gasteiger partial charge in [-0.25, -0.2) is 13.2 Å². The number of nitrogens with zero attached hydrogens (tertiary/aromatic N) is 3. The van der Waals surface area contributed by atoms with Crippen molar-refractivity contribution in [3.05, 3.63) is 45.6 Å². The number of H-pyrrole nitrogens is 2. The SMILES string of the molecule is Cc1nn([C@@H]2CCS(=O)(=O)C2)c(C)c1CN(C)[C@H](C)C(=O)Nc1ccc2[nH]c(=O)[nH]c2c1. The molecule has 11 heteroatoms. The third-order valence-corrected chi connectivity index (χ3v) is 8.01. The number of fused-ring (bicyclic) bond motifs is 1. The summed E-state index contributed by atoms with van der Waals surface area (Å²) in [5, 5.41) is 7.50. The Kier molecular flexibility index (Phi) is 5.72. The summed E-state index contributed by atoms with van der Waals surface area (Å²) in [5.41, 5.74) is 4.39. The normalized spacial score (nSPS) is 19.0. The van der Waals surface area contributed by atoms with E-state index in [0.717, 1.165) is 17.0 Å². The number of aromatic nitrogens is 4. The molecule has 3 aromatic rings. The number of anilines is 1. The zero-order chi connectivity index (χ0) is 23.2. The van der Waals surface area contributed by atoms with Crippen molar-refractivity contribution in [1.82, 2.24) is 24.6 Å². The summed E-state index contributed by atoms with van der Waals surface area (Å²) >= 11 is 0. The number of nitrogens with one attached hydrogen (secondary N) is 3. The zero-order valence-electron chi connectivity index (χ0n) is 18.6. The van der Waals surface area contributed by atoms with Crippen molar-refractivity contribution in [2.75, 3.05) is 23.9 Å². The van der Waals surface area contributed by atoms with Gasteiger partial charge < -0.3 is 15.3 Å². The van der Waals surface area contributed by atoms with Crippen LogP contribution >= 0.6 is 0 Å². The molecule has 0 saturated carbocycles. The van der Waals surface area contributed by atoms with Crippen LogP contribution in [0.25, 0.3) is 11.0 Å². The van der Waals surface area contributed by atoms with Gasteiger partial charge >= 0.3 is 5.69 Å². The minimum atomic E-state index is -3.00. The molecule has 1 saturated heterocycles. The Hall–Kier alpha value is -2.92. The van der Waals surface area contributed by atoms with Crippen LogP contribution in [0.2, 0.25) is 0 Å². The highest BCUT2D eigenvalue weighted by Crippen LogP contribution is 2.27. The topological polar surface area (TPSA) is 133 Å². The van der Waals surface area contributed by atoms with E-state index in [1.165, 1.54) is 0 Å². The van der Waals surface area contributed by atoms with Gasteiger partial charge in [0.2, 0.25) is 5.91 Å². The predicted octanol–water partition coefficient (Wildman–Crippen LogP) is 1.49. The van der Waals surface area contributed by atoms with E-state index >= 15 is 0 Å². The molecular formula is C21H28N6O4S. The average molecular weight is 461 g/mol. The number of imidazole rings is 1. The second-order valence-electron chi connectivity index (χ2n) is 8.57.